The maximum absolute atomic E-state index is 9.74. The van der Waals surface area contributed by atoms with E-state index in [4.69, 9.17) is 5.53 Å². The molecule has 2 aromatic rings. The number of aromatic hydroxyl groups is 1. The Morgan fingerprint density at radius 2 is 2.15 bits per heavy atom. The fraction of sp³-hybridized carbons (Fsp3) is 0.0714. The number of rotatable bonds is 1. The van der Waals surface area contributed by atoms with Crippen LogP contribution in [0.3, 0.4) is 0 Å². The first kappa shape index (κ1) is 14.2. The average molecular weight is 376 g/mol. The zero-order chi connectivity index (χ0) is 14.5. The highest BCUT2D eigenvalue weighted by Gasteiger charge is 2.04. The highest BCUT2D eigenvalue weighted by atomic mass is 127. The van der Waals surface area contributed by atoms with Crippen LogP contribution in [0.25, 0.3) is 10.4 Å². The first-order valence-corrected chi connectivity index (χ1v) is 6.71. The number of azide groups is 1. The van der Waals surface area contributed by atoms with Gasteiger partial charge in [0.1, 0.15) is 11.4 Å². The Balaban J connectivity index is 2.40. The molecule has 0 atom stereocenters. The number of aryl methyl sites for hydroxylation is 1. The van der Waals surface area contributed by atoms with Crippen LogP contribution in [-0.2, 0) is 0 Å². The minimum Gasteiger partial charge on any atom is -0.507 e. The number of hydrogen-bond donors (Lipinski definition) is 1. The third kappa shape index (κ3) is 3.41. The molecule has 0 aliphatic heterocycles. The van der Waals surface area contributed by atoms with Crippen molar-refractivity contribution in [1.82, 2.24) is 4.98 Å². The summed E-state index contributed by atoms with van der Waals surface area (Å²) in [7, 11) is 0. The number of benzene rings is 1. The van der Waals surface area contributed by atoms with Crippen molar-refractivity contribution >= 4 is 28.3 Å². The molecule has 98 valence electrons. The van der Waals surface area contributed by atoms with E-state index in [1.165, 1.54) is 6.07 Å². The summed E-state index contributed by atoms with van der Waals surface area (Å²) in [5, 5.41) is 13.1. The van der Waals surface area contributed by atoms with Gasteiger partial charge in [-0.1, -0.05) is 17.1 Å². The minimum absolute atomic E-state index is 0.0929. The average Bonchev–Trinajstić information content (AvgIpc) is 2.41. The Labute approximate surface area is 129 Å². The molecule has 0 aliphatic rings. The van der Waals surface area contributed by atoms with E-state index in [2.05, 4.69) is 49.4 Å². The topological polar surface area (TPSA) is 81.9 Å². The molecule has 0 fully saturated rings. The first-order valence-electron chi connectivity index (χ1n) is 5.63. The maximum atomic E-state index is 9.74. The molecule has 0 saturated heterocycles. The summed E-state index contributed by atoms with van der Waals surface area (Å²) >= 11 is 2.07. The minimum atomic E-state index is -0.0929. The van der Waals surface area contributed by atoms with Crippen LogP contribution in [0.15, 0.2) is 35.4 Å². The highest BCUT2D eigenvalue weighted by Crippen LogP contribution is 2.30. The third-order valence-corrected chi connectivity index (χ3v) is 3.32. The number of pyridine rings is 1. The molecule has 20 heavy (non-hydrogen) atoms. The lowest BCUT2D eigenvalue weighted by molar-refractivity contribution is 0.476. The summed E-state index contributed by atoms with van der Waals surface area (Å²) in [5.41, 5.74) is 10.8. The maximum Gasteiger partial charge on any atom is 0.126 e. The van der Waals surface area contributed by atoms with Crippen molar-refractivity contribution in [3.63, 3.8) is 0 Å². The predicted molar refractivity (Wildman–Crippen MR) is 84.6 cm³/mol. The fourth-order valence-electron chi connectivity index (χ4n) is 1.52. The molecular weight excluding hydrogens is 367 g/mol. The molecular formula is C14H9IN4O. The fourth-order valence-corrected chi connectivity index (χ4v) is 2.10. The second-order valence-electron chi connectivity index (χ2n) is 3.92. The molecule has 0 spiro atoms. The van der Waals surface area contributed by atoms with Crippen molar-refractivity contribution < 1.29 is 5.11 Å². The van der Waals surface area contributed by atoms with Gasteiger partial charge in [0.15, 0.2) is 0 Å². The van der Waals surface area contributed by atoms with Crippen LogP contribution >= 0.6 is 22.6 Å². The van der Waals surface area contributed by atoms with Crippen LogP contribution < -0.4 is 0 Å². The van der Waals surface area contributed by atoms with E-state index in [9.17, 15) is 5.11 Å². The first-order chi connectivity index (χ1) is 9.60. The lowest BCUT2D eigenvalue weighted by atomic mass is 10.2. The standard InChI is InChI=1S/C14H9IN4O/c1-9-3-2-4-11(17-9)6-5-10-7-14(20)13(18-19-16)8-12(10)15/h2-4,7-8,20H,1H3. The van der Waals surface area contributed by atoms with Gasteiger partial charge in [0, 0.05) is 19.7 Å². The van der Waals surface area contributed by atoms with Crippen LogP contribution in [0.5, 0.6) is 5.75 Å². The molecule has 1 aromatic carbocycles. The van der Waals surface area contributed by atoms with E-state index >= 15 is 0 Å². The van der Waals surface area contributed by atoms with Gasteiger partial charge in [-0.3, -0.25) is 0 Å². The molecule has 6 heteroatoms. The Bertz CT molecular complexity index is 770. The lowest BCUT2D eigenvalue weighted by Crippen LogP contribution is -1.86. The molecule has 1 N–H and O–H groups in total. The normalized spacial score (nSPS) is 9.30. The van der Waals surface area contributed by atoms with E-state index in [1.807, 2.05) is 25.1 Å². The summed E-state index contributed by atoms with van der Waals surface area (Å²) in [5.74, 6) is 5.80. The van der Waals surface area contributed by atoms with Crippen molar-refractivity contribution in [2.45, 2.75) is 6.92 Å². The smallest absolute Gasteiger partial charge is 0.126 e. The Hall–Kier alpha value is -2.23. The Morgan fingerprint density at radius 3 is 2.85 bits per heavy atom. The zero-order valence-corrected chi connectivity index (χ0v) is 12.7. The van der Waals surface area contributed by atoms with Crippen molar-refractivity contribution in [2.75, 3.05) is 0 Å². The van der Waals surface area contributed by atoms with E-state index < -0.39 is 0 Å². The van der Waals surface area contributed by atoms with Crippen LogP contribution in [0.4, 0.5) is 5.69 Å². The van der Waals surface area contributed by atoms with Gasteiger partial charge in [-0.15, -0.1) is 0 Å². The number of nitrogens with zero attached hydrogens (tertiary/aromatic N) is 4. The summed E-state index contributed by atoms with van der Waals surface area (Å²) < 4.78 is 0.794. The third-order valence-electron chi connectivity index (χ3n) is 2.43. The van der Waals surface area contributed by atoms with E-state index in [1.54, 1.807) is 6.07 Å². The number of hydrogen-bond acceptors (Lipinski definition) is 3. The molecule has 0 aliphatic carbocycles. The predicted octanol–water partition coefficient (Wildman–Crippen LogP) is 4.04. The molecule has 5 nitrogen and oxygen atoms in total. The number of phenols is 1. The van der Waals surface area contributed by atoms with E-state index in [0.29, 0.717) is 11.3 Å². The Kier molecular flexibility index (Phi) is 4.45. The molecule has 0 radical (unpaired) electrons. The molecule has 1 heterocycles. The van der Waals surface area contributed by atoms with Crippen molar-refractivity contribution in [3.05, 3.63) is 61.3 Å². The van der Waals surface area contributed by atoms with Gasteiger partial charge in [-0.05, 0) is 65.2 Å². The Morgan fingerprint density at radius 1 is 1.35 bits per heavy atom. The number of aromatic nitrogens is 1. The van der Waals surface area contributed by atoms with Gasteiger partial charge >= 0.3 is 0 Å². The van der Waals surface area contributed by atoms with Gasteiger partial charge in [0.25, 0.3) is 0 Å². The second kappa shape index (κ2) is 6.28. The van der Waals surface area contributed by atoms with Gasteiger partial charge in [0.2, 0.25) is 0 Å². The van der Waals surface area contributed by atoms with Gasteiger partial charge in [-0.25, -0.2) is 4.98 Å². The second-order valence-corrected chi connectivity index (χ2v) is 5.09. The summed E-state index contributed by atoms with van der Waals surface area (Å²) in [6, 6.07) is 8.67. The molecule has 2 rings (SSSR count). The van der Waals surface area contributed by atoms with Crippen LogP contribution in [0.1, 0.15) is 17.0 Å². The molecule has 0 bridgehead atoms. The number of phenolic OH excluding ortho intramolecular Hbond substituents is 1. The molecule has 0 amide bonds. The summed E-state index contributed by atoms with van der Waals surface area (Å²) in [6.07, 6.45) is 0. The SMILES string of the molecule is Cc1cccc(C#Cc2cc(O)c(N=[N+]=[N-])cc2I)n1. The zero-order valence-electron chi connectivity index (χ0n) is 10.5. The largest absolute Gasteiger partial charge is 0.507 e. The van der Waals surface area contributed by atoms with Crippen LogP contribution in [0.2, 0.25) is 0 Å². The van der Waals surface area contributed by atoms with Crippen molar-refractivity contribution in [2.24, 2.45) is 5.11 Å². The van der Waals surface area contributed by atoms with Crippen molar-refractivity contribution in [3.8, 4) is 17.6 Å². The number of halogens is 1. The van der Waals surface area contributed by atoms with Crippen LogP contribution in [0, 0.1) is 22.3 Å². The van der Waals surface area contributed by atoms with Crippen LogP contribution in [-0.4, -0.2) is 10.1 Å². The van der Waals surface area contributed by atoms with Crippen molar-refractivity contribution in [1.29, 1.82) is 0 Å². The highest BCUT2D eigenvalue weighted by molar-refractivity contribution is 14.1. The van der Waals surface area contributed by atoms with Gasteiger partial charge < -0.3 is 5.11 Å². The van der Waals surface area contributed by atoms with E-state index in [-0.39, 0.29) is 11.4 Å². The lowest BCUT2D eigenvalue weighted by Gasteiger charge is -2.01. The van der Waals surface area contributed by atoms with E-state index in [0.717, 1.165) is 9.26 Å². The summed E-state index contributed by atoms with van der Waals surface area (Å²) in [6.45, 7) is 1.90. The van der Waals surface area contributed by atoms with Gasteiger partial charge in [-0.2, -0.15) is 0 Å². The summed E-state index contributed by atoms with van der Waals surface area (Å²) in [4.78, 5) is 6.94. The quantitative estimate of drug-likeness (QED) is 0.268. The monoisotopic (exact) mass is 376 g/mol. The molecule has 0 unspecified atom stereocenters. The molecule has 1 aromatic heterocycles. The molecule has 0 saturated carbocycles. The van der Waals surface area contributed by atoms with Gasteiger partial charge in [0.05, 0.1) is 5.69 Å².